The number of rotatable bonds is 6. The van der Waals surface area contributed by atoms with Gasteiger partial charge in [0.2, 0.25) is 0 Å². The van der Waals surface area contributed by atoms with Crippen LogP contribution in [0.15, 0.2) is 4.79 Å². The van der Waals surface area contributed by atoms with Crippen molar-refractivity contribution in [1.29, 1.82) is 0 Å². The molecule has 0 bridgehead atoms. The summed E-state index contributed by atoms with van der Waals surface area (Å²) < 4.78 is 11.8. The number of aromatic nitrogens is 2. The van der Waals surface area contributed by atoms with Gasteiger partial charge in [-0.15, -0.1) is 11.3 Å². The molecule has 26 heavy (non-hydrogen) atoms. The number of amides is 1. The van der Waals surface area contributed by atoms with Crippen molar-refractivity contribution in [2.24, 2.45) is 0 Å². The Kier molecular flexibility index (Phi) is 5.38. The minimum Gasteiger partial charge on any atom is -0.448 e. The van der Waals surface area contributed by atoms with E-state index in [0.717, 1.165) is 30.0 Å². The Labute approximate surface area is 154 Å². The topological polar surface area (TPSA) is 99.5 Å². The molecule has 3 heterocycles. The zero-order chi connectivity index (χ0) is 18.8. The molecule has 140 valence electrons. The fraction of sp³-hybridized carbons (Fsp3) is 0.529. The van der Waals surface area contributed by atoms with Gasteiger partial charge in [-0.2, -0.15) is 0 Å². The largest absolute Gasteiger partial charge is 0.448 e. The number of ether oxygens (including phenoxy) is 2. The molecule has 0 spiro atoms. The third-order valence-corrected chi connectivity index (χ3v) is 5.52. The SMILES string of the molecule is COCCNC(=O)[C@@H](C)OC(=O)c1sc2nc3n(c(=O)c2c1C)CCC3. The number of carbonyl (C=O) groups is 2. The number of methoxy groups -OCH3 is 1. The first kappa shape index (κ1) is 18.5. The Morgan fingerprint density at radius 1 is 1.42 bits per heavy atom. The van der Waals surface area contributed by atoms with E-state index in [0.29, 0.717) is 40.4 Å². The Bertz CT molecular complexity index is 917. The number of hydrogen-bond acceptors (Lipinski definition) is 7. The number of aryl methyl sites for hydroxylation is 2. The van der Waals surface area contributed by atoms with Crippen molar-refractivity contribution in [2.45, 2.75) is 39.3 Å². The van der Waals surface area contributed by atoms with E-state index in [-0.39, 0.29) is 5.56 Å². The van der Waals surface area contributed by atoms with Gasteiger partial charge in [-0.3, -0.25) is 14.2 Å². The molecular weight excluding hydrogens is 358 g/mol. The highest BCUT2D eigenvalue weighted by molar-refractivity contribution is 7.20. The summed E-state index contributed by atoms with van der Waals surface area (Å²) in [6.07, 6.45) is 0.729. The van der Waals surface area contributed by atoms with Crippen LogP contribution >= 0.6 is 11.3 Å². The molecule has 3 rings (SSSR count). The van der Waals surface area contributed by atoms with Gasteiger partial charge in [-0.1, -0.05) is 0 Å². The number of hydrogen-bond donors (Lipinski definition) is 1. The molecule has 0 aliphatic carbocycles. The van der Waals surface area contributed by atoms with Crippen molar-refractivity contribution < 1.29 is 19.1 Å². The molecule has 0 saturated heterocycles. The maximum Gasteiger partial charge on any atom is 0.349 e. The van der Waals surface area contributed by atoms with Crippen molar-refractivity contribution in [3.63, 3.8) is 0 Å². The molecule has 8 nitrogen and oxygen atoms in total. The van der Waals surface area contributed by atoms with Crippen LogP contribution in [0.3, 0.4) is 0 Å². The quantitative estimate of drug-likeness (QED) is 0.594. The number of nitrogens with zero attached hydrogens (tertiary/aromatic N) is 2. The van der Waals surface area contributed by atoms with E-state index in [2.05, 4.69) is 10.3 Å². The first-order chi connectivity index (χ1) is 12.4. The first-order valence-electron chi connectivity index (χ1n) is 8.44. The molecule has 2 aromatic heterocycles. The molecule has 1 aliphatic rings. The van der Waals surface area contributed by atoms with Gasteiger partial charge < -0.3 is 14.8 Å². The second-order valence-corrected chi connectivity index (χ2v) is 7.16. The highest BCUT2D eigenvalue weighted by Crippen LogP contribution is 2.29. The van der Waals surface area contributed by atoms with Crippen LogP contribution in [-0.4, -0.2) is 47.8 Å². The number of carbonyl (C=O) groups excluding carboxylic acids is 2. The summed E-state index contributed by atoms with van der Waals surface area (Å²) in [6, 6.07) is 0. The standard InChI is InChI=1S/C17H21N3O5S/c1-9-12-15(19-11-5-4-7-20(11)16(12)22)26-13(9)17(23)25-10(2)14(21)18-6-8-24-3/h10H,4-8H2,1-3H3,(H,18,21)/t10-/m1/s1. The van der Waals surface area contributed by atoms with Crippen molar-refractivity contribution in [2.75, 3.05) is 20.3 Å². The summed E-state index contributed by atoms with van der Waals surface area (Å²) in [4.78, 5) is 42.5. The van der Waals surface area contributed by atoms with Crippen molar-refractivity contribution in [3.05, 3.63) is 26.6 Å². The molecule has 1 aliphatic heterocycles. The van der Waals surface area contributed by atoms with E-state index in [1.807, 2.05) is 0 Å². The summed E-state index contributed by atoms with van der Waals surface area (Å²) in [6.45, 7) is 4.59. The molecule has 0 fully saturated rings. The van der Waals surface area contributed by atoms with Crippen LogP contribution in [0.4, 0.5) is 0 Å². The molecule has 0 radical (unpaired) electrons. The highest BCUT2D eigenvalue weighted by Gasteiger charge is 2.26. The van der Waals surface area contributed by atoms with Crippen molar-refractivity contribution in [3.8, 4) is 0 Å². The molecular formula is C17H21N3O5S. The van der Waals surface area contributed by atoms with Gasteiger partial charge in [0.15, 0.2) is 6.10 Å². The number of fused-ring (bicyclic) bond motifs is 2. The van der Waals surface area contributed by atoms with Crippen LogP contribution in [0.1, 0.15) is 34.4 Å². The van der Waals surface area contributed by atoms with E-state index in [9.17, 15) is 14.4 Å². The fourth-order valence-corrected chi connectivity index (χ4v) is 4.03. The maximum atomic E-state index is 12.7. The molecule has 2 aromatic rings. The molecule has 1 atom stereocenters. The average molecular weight is 379 g/mol. The van der Waals surface area contributed by atoms with E-state index < -0.39 is 18.0 Å². The van der Waals surface area contributed by atoms with Crippen molar-refractivity contribution in [1.82, 2.24) is 14.9 Å². The lowest BCUT2D eigenvalue weighted by Gasteiger charge is -2.13. The van der Waals surface area contributed by atoms with Crippen LogP contribution in [0.25, 0.3) is 10.2 Å². The van der Waals surface area contributed by atoms with Crippen molar-refractivity contribution >= 4 is 33.4 Å². The van der Waals surface area contributed by atoms with E-state index in [1.54, 1.807) is 11.5 Å². The number of nitrogens with one attached hydrogen (secondary N) is 1. The van der Waals surface area contributed by atoms with E-state index in [1.165, 1.54) is 14.0 Å². The zero-order valence-electron chi connectivity index (χ0n) is 15.0. The summed E-state index contributed by atoms with van der Waals surface area (Å²) in [5, 5.41) is 3.08. The Hall–Kier alpha value is -2.26. The molecule has 0 unspecified atom stereocenters. The summed E-state index contributed by atoms with van der Waals surface area (Å²) >= 11 is 1.14. The van der Waals surface area contributed by atoms with Gasteiger partial charge in [-0.05, 0) is 25.8 Å². The predicted octanol–water partition coefficient (Wildman–Crippen LogP) is 1.02. The monoisotopic (exact) mass is 379 g/mol. The molecule has 0 saturated carbocycles. The second-order valence-electron chi connectivity index (χ2n) is 6.16. The van der Waals surface area contributed by atoms with E-state index >= 15 is 0 Å². The molecule has 0 aromatic carbocycles. The van der Waals surface area contributed by atoms with Gasteiger partial charge in [0.05, 0.1) is 12.0 Å². The molecule has 1 amide bonds. The van der Waals surface area contributed by atoms with Gasteiger partial charge >= 0.3 is 5.97 Å². The summed E-state index contributed by atoms with van der Waals surface area (Å²) in [7, 11) is 1.53. The average Bonchev–Trinajstić information content (AvgIpc) is 3.20. The maximum absolute atomic E-state index is 12.7. The number of esters is 1. The lowest BCUT2D eigenvalue weighted by atomic mass is 10.2. The van der Waals surface area contributed by atoms with Gasteiger partial charge in [0.1, 0.15) is 15.5 Å². The minimum atomic E-state index is -0.942. The first-order valence-corrected chi connectivity index (χ1v) is 9.26. The summed E-state index contributed by atoms with van der Waals surface area (Å²) in [5.41, 5.74) is 0.447. The minimum absolute atomic E-state index is 0.111. The Balaban J connectivity index is 1.81. The number of thiophene rings is 1. The van der Waals surface area contributed by atoms with Crippen LogP contribution in [-0.2, 0) is 27.2 Å². The third kappa shape index (κ3) is 3.36. The predicted molar refractivity (Wildman–Crippen MR) is 96.7 cm³/mol. The smallest absolute Gasteiger partial charge is 0.349 e. The lowest BCUT2D eigenvalue weighted by Crippen LogP contribution is -2.37. The molecule has 9 heteroatoms. The summed E-state index contributed by atoms with van der Waals surface area (Å²) in [5.74, 6) is -0.259. The Morgan fingerprint density at radius 2 is 2.19 bits per heavy atom. The van der Waals surface area contributed by atoms with Gasteiger partial charge in [-0.25, -0.2) is 9.78 Å². The lowest BCUT2D eigenvalue weighted by molar-refractivity contribution is -0.129. The van der Waals surface area contributed by atoms with Gasteiger partial charge in [0.25, 0.3) is 11.5 Å². The zero-order valence-corrected chi connectivity index (χ0v) is 15.8. The van der Waals surface area contributed by atoms with Crippen LogP contribution in [0.5, 0.6) is 0 Å². The van der Waals surface area contributed by atoms with Crippen LogP contribution in [0, 0.1) is 6.92 Å². The van der Waals surface area contributed by atoms with E-state index in [4.69, 9.17) is 9.47 Å². The second kappa shape index (κ2) is 7.55. The Morgan fingerprint density at radius 3 is 2.92 bits per heavy atom. The van der Waals surface area contributed by atoms with Crippen LogP contribution < -0.4 is 10.9 Å². The van der Waals surface area contributed by atoms with Gasteiger partial charge in [0, 0.05) is 26.6 Å². The third-order valence-electron chi connectivity index (χ3n) is 4.36. The molecule has 1 N–H and O–H groups in total. The van der Waals surface area contributed by atoms with Crippen LogP contribution in [0.2, 0.25) is 0 Å². The fourth-order valence-electron chi connectivity index (χ4n) is 2.96. The normalized spacial score (nSPS) is 14.3. The highest BCUT2D eigenvalue weighted by atomic mass is 32.1.